The van der Waals surface area contributed by atoms with Crippen LogP contribution in [-0.4, -0.2) is 18.5 Å². The van der Waals surface area contributed by atoms with E-state index < -0.39 is 10.0 Å². The first kappa shape index (κ1) is 14.4. The molecule has 20 heavy (non-hydrogen) atoms. The summed E-state index contributed by atoms with van der Waals surface area (Å²) < 4.78 is 22.2. The lowest BCUT2D eigenvalue weighted by molar-refractivity contribution is 0.598. The minimum absolute atomic E-state index is 0.0502. The molecule has 0 bridgehead atoms. The molecule has 2 aromatic rings. The summed E-state index contributed by atoms with van der Waals surface area (Å²) in [6, 6.07) is 9.58. The number of aromatic nitrogens is 1. The maximum Gasteiger partial charge on any atom is 0.238 e. The van der Waals surface area contributed by atoms with Gasteiger partial charge in [0.15, 0.2) is 5.11 Å². The normalized spacial score (nSPS) is 10.8. The molecule has 0 radical (unpaired) electrons. The summed E-state index contributed by atoms with van der Waals surface area (Å²) >= 11 is 5.13. The minimum Gasteiger partial charge on any atom is -0.332 e. The number of hydrogen-bond donors (Lipinski definition) is 3. The van der Waals surface area contributed by atoms with E-state index >= 15 is 0 Å². The standard InChI is InChI=1S/C12H12N4O2S2/c13-20(17,18)11-5-3-9(4-6-11)15-12(19)16-10-2-1-7-14-8-10/h1-8H,(H2,13,17,18)(H2,15,16,19). The fraction of sp³-hybridized carbons (Fsp3) is 0. The van der Waals surface area contributed by atoms with Crippen molar-refractivity contribution in [3.63, 3.8) is 0 Å². The zero-order valence-electron chi connectivity index (χ0n) is 10.3. The quantitative estimate of drug-likeness (QED) is 0.744. The summed E-state index contributed by atoms with van der Waals surface area (Å²) in [7, 11) is -3.68. The molecule has 2 rings (SSSR count). The Balaban J connectivity index is 2.02. The third-order valence-corrected chi connectivity index (χ3v) is 3.49. The molecule has 0 atom stereocenters. The van der Waals surface area contributed by atoms with Crippen LogP contribution in [0.15, 0.2) is 53.7 Å². The van der Waals surface area contributed by atoms with E-state index in [-0.39, 0.29) is 4.90 Å². The molecule has 0 fully saturated rings. The highest BCUT2D eigenvalue weighted by Crippen LogP contribution is 2.13. The van der Waals surface area contributed by atoms with Crippen LogP contribution in [-0.2, 0) is 10.0 Å². The highest BCUT2D eigenvalue weighted by molar-refractivity contribution is 7.89. The number of rotatable bonds is 3. The predicted molar refractivity (Wildman–Crippen MR) is 81.9 cm³/mol. The van der Waals surface area contributed by atoms with Gasteiger partial charge in [0.25, 0.3) is 0 Å². The van der Waals surface area contributed by atoms with E-state index in [0.717, 1.165) is 5.69 Å². The van der Waals surface area contributed by atoms with Crippen LogP contribution < -0.4 is 15.8 Å². The molecule has 0 saturated carbocycles. The molecule has 6 nitrogen and oxygen atoms in total. The molecule has 1 heterocycles. The molecule has 1 aromatic carbocycles. The molecule has 0 aliphatic carbocycles. The summed E-state index contributed by atoms with van der Waals surface area (Å²) in [6.45, 7) is 0. The van der Waals surface area contributed by atoms with Crippen molar-refractivity contribution in [1.82, 2.24) is 4.98 Å². The van der Waals surface area contributed by atoms with E-state index in [2.05, 4.69) is 15.6 Å². The summed E-state index contributed by atoms with van der Waals surface area (Å²) in [6.07, 6.45) is 3.30. The van der Waals surface area contributed by atoms with Gasteiger partial charge in [-0.1, -0.05) is 0 Å². The zero-order valence-corrected chi connectivity index (χ0v) is 11.9. The molecule has 0 spiro atoms. The minimum atomic E-state index is -3.68. The largest absolute Gasteiger partial charge is 0.332 e. The smallest absolute Gasteiger partial charge is 0.238 e. The van der Waals surface area contributed by atoms with Crippen molar-refractivity contribution in [2.75, 3.05) is 10.6 Å². The molecule has 0 amide bonds. The van der Waals surface area contributed by atoms with Crippen LogP contribution in [0.3, 0.4) is 0 Å². The van der Waals surface area contributed by atoms with Gasteiger partial charge in [0.05, 0.1) is 16.8 Å². The zero-order chi connectivity index (χ0) is 14.6. The van der Waals surface area contributed by atoms with E-state index in [0.29, 0.717) is 10.8 Å². The SMILES string of the molecule is NS(=O)(=O)c1ccc(NC(=S)Nc2cccnc2)cc1. The van der Waals surface area contributed by atoms with Crippen molar-refractivity contribution in [2.24, 2.45) is 5.14 Å². The van der Waals surface area contributed by atoms with Crippen LogP contribution in [0.1, 0.15) is 0 Å². The Bertz CT molecular complexity index is 700. The van der Waals surface area contributed by atoms with Crippen LogP contribution in [0, 0.1) is 0 Å². The van der Waals surface area contributed by atoms with Gasteiger partial charge in [0.2, 0.25) is 10.0 Å². The van der Waals surface area contributed by atoms with Gasteiger partial charge in [-0.3, -0.25) is 4.98 Å². The average molecular weight is 308 g/mol. The fourth-order valence-corrected chi connectivity index (χ4v) is 2.21. The second-order valence-electron chi connectivity index (χ2n) is 3.89. The maximum atomic E-state index is 11.1. The van der Waals surface area contributed by atoms with E-state index in [1.807, 2.05) is 6.07 Å². The summed E-state index contributed by atoms with van der Waals surface area (Å²) in [5, 5.41) is 11.3. The molecule has 0 saturated heterocycles. The molecule has 0 aliphatic heterocycles. The van der Waals surface area contributed by atoms with Crippen LogP contribution >= 0.6 is 12.2 Å². The third kappa shape index (κ3) is 3.98. The Morgan fingerprint density at radius 1 is 1.10 bits per heavy atom. The highest BCUT2D eigenvalue weighted by Gasteiger charge is 2.07. The van der Waals surface area contributed by atoms with Gasteiger partial charge in [-0.2, -0.15) is 0 Å². The number of nitrogens with zero attached hydrogens (tertiary/aromatic N) is 1. The van der Waals surface area contributed by atoms with E-state index in [9.17, 15) is 8.42 Å². The van der Waals surface area contributed by atoms with Crippen molar-refractivity contribution in [3.8, 4) is 0 Å². The summed E-state index contributed by atoms with van der Waals surface area (Å²) in [4.78, 5) is 4.00. The van der Waals surface area contributed by atoms with Crippen molar-refractivity contribution in [2.45, 2.75) is 4.90 Å². The highest BCUT2D eigenvalue weighted by atomic mass is 32.2. The van der Waals surface area contributed by atoms with Gasteiger partial charge >= 0.3 is 0 Å². The Hall–Kier alpha value is -2.03. The molecule has 0 aliphatic rings. The first-order valence-corrected chi connectivity index (χ1v) is 7.51. The molecular weight excluding hydrogens is 296 g/mol. The van der Waals surface area contributed by atoms with Gasteiger partial charge in [0, 0.05) is 11.9 Å². The molecule has 1 aromatic heterocycles. The number of primary sulfonamides is 1. The number of thiocarbonyl (C=S) groups is 1. The Morgan fingerprint density at radius 3 is 2.30 bits per heavy atom. The van der Waals surface area contributed by atoms with E-state index in [1.165, 1.54) is 12.1 Å². The Kier molecular flexibility index (Phi) is 4.28. The van der Waals surface area contributed by atoms with Gasteiger partial charge in [0.1, 0.15) is 0 Å². The van der Waals surface area contributed by atoms with Crippen LogP contribution in [0.2, 0.25) is 0 Å². The molecule has 104 valence electrons. The lowest BCUT2D eigenvalue weighted by Gasteiger charge is -2.10. The van der Waals surface area contributed by atoms with Gasteiger partial charge in [-0.15, -0.1) is 0 Å². The number of nitrogens with one attached hydrogen (secondary N) is 2. The molecule has 4 N–H and O–H groups in total. The lowest BCUT2D eigenvalue weighted by atomic mass is 10.3. The Morgan fingerprint density at radius 2 is 1.75 bits per heavy atom. The number of anilines is 2. The van der Waals surface area contributed by atoms with Gasteiger partial charge in [-0.05, 0) is 48.6 Å². The van der Waals surface area contributed by atoms with Crippen LogP contribution in [0.4, 0.5) is 11.4 Å². The van der Waals surface area contributed by atoms with Crippen LogP contribution in [0.25, 0.3) is 0 Å². The molecular formula is C12H12N4O2S2. The van der Waals surface area contributed by atoms with Gasteiger partial charge in [-0.25, -0.2) is 13.6 Å². The topological polar surface area (TPSA) is 97.1 Å². The molecule has 8 heteroatoms. The van der Waals surface area contributed by atoms with E-state index in [4.69, 9.17) is 17.4 Å². The first-order chi connectivity index (χ1) is 9.45. The van der Waals surface area contributed by atoms with Crippen molar-refractivity contribution in [3.05, 3.63) is 48.8 Å². The second kappa shape index (κ2) is 5.95. The van der Waals surface area contributed by atoms with Crippen LogP contribution in [0.5, 0.6) is 0 Å². The fourth-order valence-electron chi connectivity index (χ4n) is 1.46. The first-order valence-electron chi connectivity index (χ1n) is 5.56. The van der Waals surface area contributed by atoms with Gasteiger partial charge < -0.3 is 10.6 Å². The average Bonchev–Trinajstić information content (AvgIpc) is 2.39. The third-order valence-electron chi connectivity index (χ3n) is 2.36. The molecule has 0 unspecified atom stereocenters. The van der Waals surface area contributed by atoms with Crippen molar-refractivity contribution >= 4 is 38.7 Å². The monoisotopic (exact) mass is 308 g/mol. The summed E-state index contributed by atoms with van der Waals surface area (Å²) in [5.41, 5.74) is 1.41. The summed E-state index contributed by atoms with van der Waals surface area (Å²) in [5.74, 6) is 0. The van der Waals surface area contributed by atoms with Crippen molar-refractivity contribution in [1.29, 1.82) is 0 Å². The Labute approximate surface area is 122 Å². The number of pyridine rings is 1. The second-order valence-corrected chi connectivity index (χ2v) is 5.86. The number of nitrogens with two attached hydrogens (primary N) is 1. The lowest BCUT2D eigenvalue weighted by Crippen LogP contribution is -2.19. The van der Waals surface area contributed by atoms with E-state index in [1.54, 1.807) is 30.6 Å². The predicted octanol–water partition coefficient (Wildman–Crippen LogP) is 1.54. The number of benzene rings is 1. The number of sulfonamides is 1. The maximum absolute atomic E-state index is 11.1. The number of hydrogen-bond acceptors (Lipinski definition) is 4. The van der Waals surface area contributed by atoms with Crippen molar-refractivity contribution < 1.29 is 8.42 Å².